The molecule has 0 saturated carbocycles. The Hall–Kier alpha value is -1.95. The summed E-state index contributed by atoms with van der Waals surface area (Å²) in [5, 5.41) is 8.79. The minimum absolute atomic E-state index is 0.0735. The van der Waals surface area contributed by atoms with Crippen LogP contribution in [0.5, 0.6) is 0 Å². The third-order valence-electron chi connectivity index (χ3n) is 1.93. The average Bonchev–Trinajstić information content (AvgIpc) is 2.28. The van der Waals surface area contributed by atoms with Gasteiger partial charge in [-0.2, -0.15) is 0 Å². The van der Waals surface area contributed by atoms with Crippen molar-refractivity contribution < 1.29 is 14.7 Å². The first-order valence-electron chi connectivity index (χ1n) is 4.73. The lowest BCUT2D eigenvalue weighted by Gasteiger charge is -2.19. The van der Waals surface area contributed by atoms with Gasteiger partial charge in [0.15, 0.2) is 0 Å². The molecular formula is C10H13N3O3. The van der Waals surface area contributed by atoms with E-state index in [1.165, 1.54) is 29.4 Å². The molecule has 0 aliphatic rings. The number of aliphatic hydroxyl groups excluding tert-OH is 1. The Balaban J connectivity index is 2.78. The molecule has 1 heterocycles. The van der Waals surface area contributed by atoms with Crippen molar-refractivity contribution in [2.24, 2.45) is 5.73 Å². The number of nitrogens with zero attached hydrogens (tertiary/aromatic N) is 2. The number of primary amides is 1. The van der Waals surface area contributed by atoms with E-state index in [0.29, 0.717) is 5.56 Å². The highest BCUT2D eigenvalue weighted by Crippen LogP contribution is 2.02. The number of nitrogens with two attached hydrogens (primary N) is 1. The maximum atomic E-state index is 11.8. The summed E-state index contributed by atoms with van der Waals surface area (Å²) in [4.78, 5) is 27.6. The van der Waals surface area contributed by atoms with Crippen molar-refractivity contribution in [2.75, 3.05) is 19.7 Å². The van der Waals surface area contributed by atoms with Gasteiger partial charge in [0.25, 0.3) is 5.91 Å². The first-order valence-corrected chi connectivity index (χ1v) is 4.73. The number of aliphatic hydroxyl groups is 1. The molecule has 0 fully saturated rings. The van der Waals surface area contributed by atoms with Crippen LogP contribution in [0.3, 0.4) is 0 Å². The van der Waals surface area contributed by atoms with Crippen molar-refractivity contribution in [1.29, 1.82) is 0 Å². The highest BCUT2D eigenvalue weighted by molar-refractivity contribution is 5.96. The first kappa shape index (κ1) is 12.1. The van der Waals surface area contributed by atoms with Crippen LogP contribution in [0.15, 0.2) is 24.5 Å². The molecule has 0 aliphatic heterocycles. The van der Waals surface area contributed by atoms with Crippen LogP contribution in [0, 0.1) is 0 Å². The third kappa shape index (κ3) is 3.32. The predicted octanol–water partition coefficient (Wildman–Crippen LogP) is -0.999. The zero-order valence-corrected chi connectivity index (χ0v) is 8.67. The number of aromatic nitrogens is 1. The van der Waals surface area contributed by atoms with E-state index in [-0.39, 0.29) is 25.6 Å². The lowest BCUT2D eigenvalue weighted by molar-refractivity contribution is -0.118. The molecule has 16 heavy (non-hydrogen) atoms. The van der Waals surface area contributed by atoms with E-state index in [2.05, 4.69) is 4.98 Å². The quantitative estimate of drug-likeness (QED) is 0.669. The Morgan fingerprint density at radius 2 is 2.00 bits per heavy atom. The minimum Gasteiger partial charge on any atom is -0.395 e. The number of carbonyl (C=O) groups excluding carboxylic acids is 2. The molecule has 2 amide bonds. The summed E-state index contributed by atoms with van der Waals surface area (Å²) >= 11 is 0. The molecular weight excluding hydrogens is 210 g/mol. The second kappa shape index (κ2) is 5.82. The number of pyridine rings is 1. The predicted molar refractivity (Wildman–Crippen MR) is 56.4 cm³/mol. The van der Waals surface area contributed by atoms with Crippen LogP contribution in [0.25, 0.3) is 0 Å². The van der Waals surface area contributed by atoms with Crippen LogP contribution in [0.2, 0.25) is 0 Å². The Morgan fingerprint density at radius 1 is 1.38 bits per heavy atom. The largest absolute Gasteiger partial charge is 0.395 e. The van der Waals surface area contributed by atoms with Crippen molar-refractivity contribution in [3.63, 3.8) is 0 Å². The molecule has 6 nitrogen and oxygen atoms in total. The molecule has 1 rings (SSSR count). The van der Waals surface area contributed by atoms with E-state index >= 15 is 0 Å². The molecule has 0 bridgehead atoms. The molecule has 0 aliphatic carbocycles. The summed E-state index contributed by atoms with van der Waals surface area (Å²) in [6.45, 7) is -0.351. The van der Waals surface area contributed by atoms with Gasteiger partial charge < -0.3 is 15.7 Å². The van der Waals surface area contributed by atoms with Crippen molar-refractivity contribution in [2.45, 2.75) is 0 Å². The van der Waals surface area contributed by atoms with Gasteiger partial charge >= 0.3 is 0 Å². The Morgan fingerprint density at radius 3 is 2.50 bits per heavy atom. The summed E-state index contributed by atoms with van der Waals surface area (Å²) in [6, 6.07) is 3.07. The summed E-state index contributed by atoms with van der Waals surface area (Å²) in [5.41, 5.74) is 5.42. The number of amides is 2. The van der Waals surface area contributed by atoms with E-state index in [9.17, 15) is 9.59 Å². The van der Waals surface area contributed by atoms with E-state index in [1.54, 1.807) is 0 Å². The zero-order valence-electron chi connectivity index (χ0n) is 8.67. The molecule has 0 unspecified atom stereocenters. The first-order chi connectivity index (χ1) is 7.65. The summed E-state index contributed by atoms with van der Waals surface area (Å²) in [5.74, 6) is -0.967. The maximum absolute atomic E-state index is 11.8. The third-order valence-corrected chi connectivity index (χ3v) is 1.93. The van der Waals surface area contributed by atoms with E-state index in [4.69, 9.17) is 10.8 Å². The van der Waals surface area contributed by atoms with Crippen molar-refractivity contribution in [1.82, 2.24) is 9.88 Å². The SMILES string of the molecule is NC(=O)CN(CCO)C(=O)c1ccncc1. The molecule has 0 atom stereocenters. The molecule has 0 aromatic carbocycles. The van der Waals surface area contributed by atoms with Crippen LogP contribution in [0.4, 0.5) is 0 Å². The van der Waals surface area contributed by atoms with Gasteiger partial charge in [0.05, 0.1) is 13.2 Å². The van der Waals surface area contributed by atoms with E-state index in [0.717, 1.165) is 0 Å². The Bertz CT molecular complexity index is 367. The minimum atomic E-state index is -0.615. The number of hydrogen-bond acceptors (Lipinski definition) is 4. The second-order valence-corrected chi connectivity index (χ2v) is 3.15. The standard InChI is InChI=1S/C10H13N3O3/c11-9(15)7-13(5-6-14)10(16)8-1-3-12-4-2-8/h1-4,14H,5-7H2,(H2,11,15). The molecule has 0 saturated heterocycles. The van der Waals surface area contributed by atoms with Gasteiger partial charge in [-0.25, -0.2) is 0 Å². The maximum Gasteiger partial charge on any atom is 0.254 e. The van der Waals surface area contributed by atoms with Gasteiger partial charge in [-0.1, -0.05) is 0 Å². The van der Waals surface area contributed by atoms with E-state index < -0.39 is 5.91 Å². The summed E-state index contributed by atoms with van der Waals surface area (Å²) in [6.07, 6.45) is 2.96. The zero-order chi connectivity index (χ0) is 12.0. The number of hydrogen-bond donors (Lipinski definition) is 2. The van der Waals surface area contributed by atoms with Crippen molar-refractivity contribution in [3.05, 3.63) is 30.1 Å². The topological polar surface area (TPSA) is 96.5 Å². The summed E-state index contributed by atoms with van der Waals surface area (Å²) in [7, 11) is 0. The van der Waals surface area contributed by atoms with Gasteiger partial charge in [-0.05, 0) is 12.1 Å². The van der Waals surface area contributed by atoms with Gasteiger partial charge in [0.2, 0.25) is 5.91 Å². The Labute approximate surface area is 92.7 Å². The fraction of sp³-hybridized carbons (Fsp3) is 0.300. The van der Waals surface area contributed by atoms with Crippen molar-refractivity contribution in [3.8, 4) is 0 Å². The van der Waals surface area contributed by atoms with Crippen LogP contribution >= 0.6 is 0 Å². The fourth-order valence-corrected chi connectivity index (χ4v) is 1.24. The monoisotopic (exact) mass is 223 g/mol. The van der Waals surface area contributed by atoms with Gasteiger partial charge in [0, 0.05) is 24.5 Å². The van der Waals surface area contributed by atoms with Gasteiger partial charge in [-0.15, -0.1) is 0 Å². The molecule has 1 aromatic heterocycles. The molecule has 0 radical (unpaired) electrons. The van der Waals surface area contributed by atoms with Crippen LogP contribution in [-0.2, 0) is 4.79 Å². The van der Waals surface area contributed by atoms with E-state index in [1.807, 2.05) is 0 Å². The lowest BCUT2D eigenvalue weighted by Crippen LogP contribution is -2.40. The normalized spacial score (nSPS) is 9.81. The molecule has 86 valence electrons. The van der Waals surface area contributed by atoms with Crippen LogP contribution in [-0.4, -0.2) is 46.5 Å². The molecule has 6 heteroatoms. The highest BCUT2D eigenvalue weighted by atomic mass is 16.3. The van der Waals surface area contributed by atoms with Crippen molar-refractivity contribution >= 4 is 11.8 Å². The molecule has 0 spiro atoms. The highest BCUT2D eigenvalue weighted by Gasteiger charge is 2.16. The second-order valence-electron chi connectivity index (χ2n) is 3.15. The Kier molecular flexibility index (Phi) is 4.41. The lowest BCUT2D eigenvalue weighted by atomic mass is 10.2. The van der Waals surface area contributed by atoms with Gasteiger partial charge in [-0.3, -0.25) is 14.6 Å². The van der Waals surface area contributed by atoms with Crippen LogP contribution < -0.4 is 5.73 Å². The fourth-order valence-electron chi connectivity index (χ4n) is 1.24. The number of carbonyl (C=O) groups is 2. The molecule has 1 aromatic rings. The summed E-state index contributed by atoms with van der Waals surface area (Å²) < 4.78 is 0. The van der Waals surface area contributed by atoms with Gasteiger partial charge in [0.1, 0.15) is 0 Å². The molecule has 3 N–H and O–H groups in total. The number of rotatable bonds is 5. The smallest absolute Gasteiger partial charge is 0.254 e. The average molecular weight is 223 g/mol. The van der Waals surface area contributed by atoms with Crippen LogP contribution in [0.1, 0.15) is 10.4 Å².